The predicted molar refractivity (Wildman–Crippen MR) is 127 cm³/mol. The van der Waals surface area contributed by atoms with Gasteiger partial charge in [0.25, 0.3) is 5.88 Å². The first-order chi connectivity index (χ1) is 16.2. The van der Waals surface area contributed by atoms with Gasteiger partial charge in [-0.25, -0.2) is 9.37 Å². The van der Waals surface area contributed by atoms with Crippen molar-refractivity contribution in [2.75, 3.05) is 30.4 Å². The Balaban J connectivity index is 1.59. The van der Waals surface area contributed by atoms with E-state index in [-0.39, 0.29) is 19.0 Å². The number of carbonyl (C=O) groups excluding carboxylic acids is 1. The van der Waals surface area contributed by atoms with Crippen LogP contribution in [0.2, 0.25) is 0 Å². The first-order valence-electron chi connectivity index (χ1n) is 11.1. The summed E-state index contributed by atoms with van der Waals surface area (Å²) in [4.78, 5) is 27.8. The molecule has 2 atom stereocenters. The smallest absolute Gasteiger partial charge is 0.256 e. The van der Waals surface area contributed by atoms with Crippen LogP contribution in [0.15, 0.2) is 24.7 Å². The molecule has 4 heterocycles. The molecular formula is C22H30FN9O2. The molecular weight excluding hydrogens is 441 g/mol. The lowest BCUT2D eigenvalue weighted by Gasteiger charge is -2.18. The summed E-state index contributed by atoms with van der Waals surface area (Å²) in [6, 6.07) is -0.683. The third-order valence-corrected chi connectivity index (χ3v) is 5.61. The Hall–Kier alpha value is -3.70. The van der Waals surface area contributed by atoms with E-state index in [1.165, 1.54) is 7.11 Å². The molecule has 0 aliphatic carbocycles. The summed E-state index contributed by atoms with van der Waals surface area (Å²) < 4.78 is 23.6. The van der Waals surface area contributed by atoms with Crippen molar-refractivity contribution in [3.8, 4) is 5.88 Å². The molecule has 182 valence electrons. The van der Waals surface area contributed by atoms with Crippen molar-refractivity contribution in [2.24, 2.45) is 20.0 Å². The highest BCUT2D eigenvalue weighted by Crippen LogP contribution is 2.30. The van der Waals surface area contributed by atoms with Gasteiger partial charge in [0.1, 0.15) is 11.9 Å². The number of aromatic nitrogens is 6. The maximum absolute atomic E-state index is 14.9. The summed E-state index contributed by atoms with van der Waals surface area (Å²) in [6.07, 6.45) is 2.70. The summed E-state index contributed by atoms with van der Waals surface area (Å²) in [7, 11) is 5.14. The zero-order chi connectivity index (χ0) is 24.6. The zero-order valence-electron chi connectivity index (χ0n) is 20.0. The first kappa shape index (κ1) is 23.5. The van der Waals surface area contributed by atoms with Gasteiger partial charge in [0, 0.05) is 26.2 Å². The van der Waals surface area contributed by atoms with E-state index in [1.807, 2.05) is 20.9 Å². The van der Waals surface area contributed by atoms with E-state index in [9.17, 15) is 9.18 Å². The van der Waals surface area contributed by atoms with E-state index in [4.69, 9.17) is 4.74 Å². The summed E-state index contributed by atoms with van der Waals surface area (Å²) >= 11 is 0. The average Bonchev–Trinajstić information content (AvgIpc) is 3.44. The van der Waals surface area contributed by atoms with Crippen LogP contribution in [-0.4, -0.2) is 67.6 Å². The Morgan fingerprint density at radius 1 is 1.32 bits per heavy atom. The number of nitrogens with one attached hydrogen (secondary N) is 2. The van der Waals surface area contributed by atoms with Gasteiger partial charge in [-0.05, 0) is 12.3 Å². The fourth-order valence-electron chi connectivity index (χ4n) is 3.98. The number of fused-ring (bicyclic) bond motifs is 1. The average molecular weight is 472 g/mol. The minimum Gasteiger partial charge on any atom is -0.478 e. The van der Waals surface area contributed by atoms with Crippen molar-refractivity contribution in [3.63, 3.8) is 0 Å². The monoisotopic (exact) mass is 471 g/mol. The number of methoxy groups -OCH3 is 1. The van der Waals surface area contributed by atoms with E-state index < -0.39 is 12.2 Å². The molecule has 3 aromatic rings. The molecule has 34 heavy (non-hydrogen) atoms. The zero-order valence-corrected chi connectivity index (χ0v) is 20.0. The Morgan fingerprint density at radius 3 is 2.79 bits per heavy atom. The second kappa shape index (κ2) is 9.27. The standard InChI is InChI=1S/C22H30FN9O2/c1-12(2)7-13(3)20(33)26-15-10-32(8-14(15)23)22-27-18(17-19(28-22)30(4)11-24-17)25-16-9-31(5)29-21(16)34-6/h9,11-12,14-15H,3,7-8,10H2,1-2,4-6H3,(H,26,33)(H,25,27,28)/t14-,15-/m1/s1. The summed E-state index contributed by atoms with van der Waals surface area (Å²) in [5, 5.41) is 10.2. The molecule has 1 amide bonds. The number of amides is 1. The van der Waals surface area contributed by atoms with Crippen molar-refractivity contribution < 1.29 is 13.9 Å². The van der Waals surface area contributed by atoms with Gasteiger partial charge in [0.15, 0.2) is 17.0 Å². The largest absolute Gasteiger partial charge is 0.478 e. The van der Waals surface area contributed by atoms with Crippen molar-refractivity contribution in [2.45, 2.75) is 32.5 Å². The molecule has 0 bridgehead atoms. The second-order valence-corrected chi connectivity index (χ2v) is 8.95. The molecule has 3 aromatic heterocycles. The maximum atomic E-state index is 14.9. The molecule has 0 spiro atoms. The number of anilines is 3. The topological polar surface area (TPSA) is 115 Å². The second-order valence-electron chi connectivity index (χ2n) is 8.95. The van der Waals surface area contributed by atoms with Crippen LogP contribution in [0.25, 0.3) is 11.2 Å². The summed E-state index contributed by atoms with van der Waals surface area (Å²) in [5.74, 6) is 1.16. The number of hydrogen-bond acceptors (Lipinski definition) is 8. The van der Waals surface area contributed by atoms with E-state index in [2.05, 4.69) is 37.3 Å². The number of aryl methyl sites for hydroxylation is 2. The van der Waals surface area contributed by atoms with Gasteiger partial charge in [-0.2, -0.15) is 9.97 Å². The molecule has 4 rings (SSSR count). The number of alkyl halides is 1. The molecule has 1 aliphatic rings. The fraction of sp³-hybridized carbons (Fsp3) is 0.500. The summed E-state index contributed by atoms with van der Waals surface area (Å²) in [6.45, 7) is 8.14. The Morgan fingerprint density at radius 2 is 2.09 bits per heavy atom. The lowest BCUT2D eigenvalue weighted by atomic mass is 10.0. The quantitative estimate of drug-likeness (QED) is 0.480. The van der Waals surface area contributed by atoms with Crippen LogP contribution in [0.1, 0.15) is 20.3 Å². The Labute approximate surface area is 197 Å². The molecule has 1 saturated heterocycles. The highest BCUT2D eigenvalue weighted by Gasteiger charge is 2.36. The van der Waals surface area contributed by atoms with Gasteiger partial charge in [-0.3, -0.25) is 9.48 Å². The van der Waals surface area contributed by atoms with Crippen molar-refractivity contribution >= 4 is 34.5 Å². The Kier molecular flexibility index (Phi) is 6.40. The van der Waals surface area contributed by atoms with Crippen LogP contribution in [-0.2, 0) is 18.9 Å². The third kappa shape index (κ3) is 4.66. The van der Waals surface area contributed by atoms with Gasteiger partial charge >= 0.3 is 0 Å². The van der Waals surface area contributed by atoms with Crippen molar-refractivity contribution in [3.05, 3.63) is 24.7 Å². The highest BCUT2D eigenvalue weighted by molar-refractivity contribution is 5.93. The molecule has 0 unspecified atom stereocenters. The number of imidazole rings is 1. The Bertz CT molecular complexity index is 1220. The lowest BCUT2D eigenvalue weighted by molar-refractivity contribution is -0.118. The van der Waals surface area contributed by atoms with Crippen LogP contribution < -0.4 is 20.3 Å². The van der Waals surface area contributed by atoms with Crippen LogP contribution in [0, 0.1) is 5.92 Å². The molecule has 0 saturated carbocycles. The van der Waals surface area contributed by atoms with Crippen molar-refractivity contribution in [1.29, 1.82) is 0 Å². The molecule has 1 fully saturated rings. The van der Waals surface area contributed by atoms with Gasteiger partial charge in [0.2, 0.25) is 11.9 Å². The normalized spacial score (nSPS) is 18.0. The number of carbonyl (C=O) groups is 1. The van der Waals surface area contributed by atoms with Crippen molar-refractivity contribution in [1.82, 2.24) is 34.6 Å². The number of hydrogen-bond donors (Lipinski definition) is 2. The third-order valence-electron chi connectivity index (χ3n) is 5.61. The lowest BCUT2D eigenvalue weighted by Crippen LogP contribution is -2.42. The number of rotatable bonds is 8. The van der Waals surface area contributed by atoms with E-state index in [1.54, 1.807) is 33.7 Å². The van der Waals surface area contributed by atoms with Crippen LogP contribution in [0.3, 0.4) is 0 Å². The minimum atomic E-state index is -1.27. The summed E-state index contributed by atoms with van der Waals surface area (Å²) in [5.41, 5.74) is 2.21. The highest BCUT2D eigenvalue weighted by atomic mass is 19.1. The molecule has 0 aromatic carbocycles. The fourth-order valence-corrected chi connectivity index (χ4v) is 3.98. The van der Waals surface area contributed by atoms with Gasteiger partial charge in [-0.15, -0.1) is 5.10 Å². The predicted octanol–water partition coefficient (Wildman–Crippen LogP) is 2.09. The molecule has 12 heteroatoms. The van der Waals surface area contributed by atoms with E-state index in [0.29, 0.717) is 52.4 Å². The molecule has 11 nitrogen and oxygen atoms in total. The van der Waals surface area contributed by atoms with E-state index in [0.717, 1.165) is 0 Å². The molecule has 2 N–H and O–H groups in total. The molecule has 0 radical (unpaired) electrons. The maximum Gasteiger partial charge on any atom is 0.256 e. The molecule has 1 aliphatic heterocycles. The van der Waals surface area contributed by atoms with Gasteiger partial charge in [0.05, 0.1) is 32.2 Å². The number of nitrogens with zero attached hydrogens (tertiary/aromatic N) is 7. The first-order valence-corrected chi connectivity index (χ1v) is 11.1. The van der Waals surface area contributed by atoms with Crippen LogP contribution >= 0.6 is 0 Å². The minimum absolute atomic E-state index is 0.0562. The SMILES string of the molecule is C=C(CC(C)C)C(=O)N[C@@H]1CN(c2nc(Nc3cn(C)nc3OC)c3ncn(C)c3n2)C[C@H]1F. The van der Waals surface area contributed by atoms with E-state index >= 15 is 0 Å². The number of ether oxygens (including phenoxy) is 1. The van der Waals surface area contributed by atoms with Gasteiger partial charge < -0.3 is 24.8 Å². The van der Waals surface area contributed by atoms with Gasteiger partial charge in [-0.1, -0.05) is 20.4 Å². The van der Waals surface area contributed by atoms with Crippen LogP contribution in [0.4, 0.5) is 21.8 Å². The number of halogens is 1. The van der Waals surface area contributed by atoms with Crippen LogP contribution in [0.5, 0.6) is 5.88 Å².